The molecule has 0 radical (unpaired) electrons. The van der Waals surface area contributed by atoms with Gasteiger partial charge in [-0.1, -0.05) is 17.7 Å². The maximum atomic E-state index is 11.9. The number of aryl methyl sites for hydroxylation is 1. The number of anilines is 1. The van der Waals surface area contributed by atoms with Gasteiger partial charge in [0.05, 0.1) is 30.3 Å². The molecular formula is C21H23ClN2O3S. The van der Waals surface area contributed by atoms with Crippen molar-refractivity contribution >= 4 is 40.6 Å². The Hall–Kier alpha value is -2.31. The number of benzene rings is 2. The molecule has 0 aliphatic heterocycles. The number of carbonyl (C=O) groups is 1. The fourth-order valence-electron chi connectivity index (χ4n) is 3.36. The van der Waals surface area contributed by atoms with E-state index in [1.165, 1.54) is 11.1 Å². The second-order valence-corrected chi connectivity index (χ2v) is 7.34. The Balaban J connectivity index is 1.67. The van der Waals surface area contributed by atoms with Gasteiger partial charge in [-0.15, -0.1) is 0 Å². The van der Waals surface area contributed by atoms with E-state index in [0.29, 0.717) is 28.0 Å². The van der Waals surface area contributed by atoms with Crippen molar-refractivity contribution in [2.24, 2.45) is 0 Å². The van der Waals surface area contributed by atoms with Crippen LogP contribution in [-0.4, -0.2) is 24.8 Å². The Morgan fingerprint density at radius 1 is 1.29 bits per heavy atom. The largest absolute Gasteiger partial charge is 0.497 e. The van der Waals surface area contributed by atoms with Crippen LogP contribution in [0.4, 0.5) is 5.69 Å². The van der Waals surface area contributed by atoms with Crippen LogP contribution < -0.4 is 15.4 Å². The van der Waals surface area contributed by atoms with E-state index >= 15 is 0 Å². The molecule has 2 aromatic carbocycles. The molecule has 0 saturated carbocycles. The van der Waals surface area contributed by atoms with E-state index in [0.717, 1.165) is 25.0 Å². The van der Waals surface area contributed by atoms with Gasteiger partial charge in [0.25, 0.3) is 0 Å². The summed E-state index contributed by atoms with van der Waals surface area (Å²) in [5.74, 6) is 0.436. The predicted octanol–water partition coefficient (Wildman–Crippen LogP) is 4.89. The Morgan fingerprint density at radius 3 is 2.82 bits per heavy atom. The zero-order chi connectivity index (χ0) is 20.1. The number of hydrogen-bond acceptors (Lipinski definition) is 4. The number of halogens is 1. The lowest BCUT2D eigenvalue weighted by Gasteiger charge is -2.28. The maximum Gasteiger partial charge on any atom is 0.339 e. The normalized spacial score (nSPS) is 15.3. The summed E-state index contributed by atoms with van der Waals surface area (Å²) in [4.78, 5) is 11.9. The molecule has 0 amide bonds. The fraction of sp³-hybridized carbons (Fsp3) is 0.333. The van der Waals surface area contributed by atoms with Crippen LogP contribution in [0.1, 0.15) is 47.3 Å². The molecule has 7 heteroatoms. The highest BCUT2D eigenvalue weighted by molar-refractivity contribution is 7.80. The molecule has 0 fully saturated rings. The second kappa shape index (κ2) is 9.26. The molecule has 0 bridgehead atoms. The van der Waals surface area contributed by atoms with E-state index in [1.807, 2.05) is 6.07 Å². The molecule has 28 heavy (non-hydrogen) atoms. The van der Waals surface area contributed by atoms with Crippen molar-refractivity contribution in [1.82, 2.24) is 5.32 Å². The molecular weight excluding hydrogens is 396 g/mol. The first-order valence-corrected chi connectivity index (χ1v) is 10.0. The Kier molecular flexibility index (Phi) is 6.75. The van der Waals surface area contributed by atoms with Crippen LogP contribution in [0.3, 0.4) is 0 Å². The van der Waals surface area contributed by atoms with Crippen molar-refractivity contribution in [2.75, 3.05) is 19.0 Å². The molecule has 1 aliphatic rings. The van der Waals surface area contributed by atoms with Gasteiger partial charge in [0, 0.05) is 5.69 Å². The Bertz CT molecular complexity index is 888. The number of carbonyl (C=O) groups excluding carboxylic acids is 1. The minimum atomic E-state index is -0.436. The Morgan fingerprint density at radius 2 is 2.11 bits per heavy atom. The van der Waals surface area contributed by atoms with Crippen LogP contribution in [0.2, 0.25) is 5.02 Å². The molecule has 1 atom stereocenters. The van der Waals surface area contributed by atoms with Crippen LogP contribution in [0.5, 0.6) is 5.75 Å². The van der Waals surface area contributed by atoms with Crippen molar-refractivity contribution in [3.63, 3.8) is 0 Å². The number of methoxy groups -OCH3 is 1. The van der Waals surface area contributed by atoms with E-state index < -0.39 is 5.97 Å². The van der Waals surface area contributed by atoms with Gasteiger partial charge in [-0.3, -0.25) is 0 Å². The number of hydrogen-bond donors (Lipinski definition) is 2. The molecule has 0 spiro atoms. The first kappa shape index (κ1) is 20.4. The lowest BCUT2D eigenvalue weighted by Crippen LogP contribution is -2.34. The summed E-state index contributed by atoms with van der Waals surface area (Å²) in [6.45, 7) is 2.06. The molecule has 0 unspecified atom stereocenters. The topological polar surface area (TPSA) is 59.6 Å². The third kappa shape index (κ3) is 4.75. The predicted molar refractivity (Wildman–Crippen MR) is 115 cm³/mol. The van der Waals surface area contributed by atoms with Gasteiger partial charge < -0.3 is 20.1 Å². The standard InChI is InChI=1S/C21H23ClN2O3S/c1-3-27-20(25)17-9-7-14(12-18(17)22)23-21(28)24-19-6-4-5-13-11-15(26-2)8-10-16(13)19/h7-12,19H,3-6H2,1-2H3,(H2,23,24,28)/t19-/m0/s1. The number of nitrogens with one attached hydrogen (secondary N) is 2. The van der Waals surface area contributed by atoms with Crippen molar-refractivity contribution < 1.29 is 14.3 Å². The Labute approximate surface area is 175 Å². The summed E-state index contributed by atoms with van der Waals surface area (Å²) in [7, 11) is 1.68. The molecule has 0 aromatic heterocycles. The number of ether oxygens (including phenoxy) is 2. The summed E-state index contributed by atoms with van der Waals surface area (Å²) in [6.07, 6.45) is 3.13. The van der Waals surface area contributed by atoms with E-state index in [1.54, 1.807) is 32.2 Å². The average Bonchev–Trinajstić information content (AvgIpc) is 2.68. The summed E-state index contributed by atoms with van der Waals surface area (Å²) in [6, 6.07) is 11.4. The lowest BCUT2D eigenvalue weighted by molar-refractivity contribution is 0.0526. The summed E-state index contributed by atoms with van der Waals surface area (Å²) >= 11 is 11.7. The van der Waals surface area contributed by atoms with Gasteiger partial charge in [0.2, 0.25) is 0 Å². The maximum absolute atomic E-state index is 11.9. The van der Waals surface area contributed by atoms with Crippen molar-refractivity contribution in [2.45, 2.75) is 32.2 Å². The first-order chi connectivity index (χ1) is 13.5. The van der Waals surface area contributed by atoms with Crippen LogP contribution >= 0.6 is 23.8 Å². The third-order valence-corrected chi connectivity index (χ3v) is 5.22. The summed E-state index contributed by atoms with van der Waals surface area (Å²) < 4.78 is 10.3. The smallest absolute Gasteiger partial charge is 0.339 e. The first-order valence-electron chi connectivity index (χ1n) is 9.22. The summed E-state index contributed by atoms with van der Waals surface area (Å²) in [5, 5.41) is 7.35. The van der Waals surface area contributed by atoms with Crippen molar-refractivity contribution in [3.05, 3.63) is 58.1 Å². The average molecular weight is 419 g/mol. The van der Waals surface area contributed by atoms with Crippen molar-refractivity contribution in [1.29, 1.82) is 0 Å². The molecule has 0 heterocycles. The van der Waals surface area contributed by atoms with E-state index in [4.69, 9.17) is 33.3 Å². The van der Waals surface area contributed by atoms with Crippen LogP contribution in [0.25, 0.3) is 0 Å². The molecule has 5 nitrogen and oxygen atoms in total. The van der Waals surface area contributed by atoms with E-state index in [9.17, 15) is 4.79 Å². The minimum absolute atomic E-state index is 0.143. The lowest BCUT2D eigenvalue weighted by atomic mass is 9.87. The quantitative estimate of drug-likeness (QED) is 0.532. The fourth-order valence-corrected chi connectivity index (χ4v) is 3.88. The van der Waals surface area contributed by atoms with Gasteiger partial charge in [0.15, 0.2) is 5.11 Å². The molecule has 2 N–H and O–H groups in total. The van der Waals surface area contributed by atoms with Crippen molar-refractivity contribution in [3.8, 4) is 5.75 Å². The highest BCUT2D eigenvalue weighted by atomic mass is 35.5. The molecule has 3 rings (SSSR count). The zero-order valence-corrected chi connectivity index (χ0v) is 17.5. The minimum Gasteiger partial charge on any atom is -0.497 e. The monoisotopic (exact) mass is 418 g/mol. The van der Waals surface area contributed by atoms with Crippen LogP contribution in [0.15, 0.2) is 36.4 Å². The molecule has 2 aromatic rings. The SMILES string of the molecule is CCOC(=O)c1ccc(NC(=S)N[C@H]2CCCc3cc(OC)ccc32)cc1Cl. The van der Waals surface area contributed by atoms with Gasteiger partial charge in [-0.05, 0) is 79.9 Å². The number of thiocarbonyl (C=S) groups is 1. The molecule has 148 valence electrons. The van der Waals surface area contributed by atoms with E-state index in [-0.39, 0.29) is 6.04 Å². The van der Waals surface area contributed by atoms with E-state index in [2.05, 4.69) is 22.8 Å². The third-order valence-electron chi connectivity index (χ3n) is 4.69. The number of rotatable bonds is 5. The number of esters is 1. The van der Waals surface area contributed by atoms with Crippen LogP contribution in [0, 0.1) is 0 Å². The second-order valence-electron chi connectivity index (χ2n) is 6.52. The zero-order valence-electron chi connectivity index (χ0n) is 15.9. The number of fused-ring (bicyclic) bond motifs is 1. The van der Waals surface area contributed by atoms with Gasteiger partial charge in [0.1, 0.15) is 5.75 Å². The van der Waals surface area contributed by atoms with Gasteiger partial charge in [-0.2, -0.15) is 0 Å². The van der Waals surface area contributed by atoms with Gasteiger partial charge >= 0.3 is 5.97 Å². The molecule has 1 aliphatic carbocycles. The summed E-state index contributed by atoms with van der Waals surface area (Å²) in [5.41, 5.74) is 3.57. The van der Waals surface area contributed by atoms with Gasteiger partial charge in [-0.25, -0.2) is 4.79 Å². The highest BCUT2D eigenvalue weighted by Gasteiger charge is 2.21. The highest BCUT2D eigenvalue weighted by Crippen LogP contribution is 2.32. The van der Waals surface area contributed by atoms with Crippen LogP contribution in [-0.2, 0) is 11.2 Å². The molecule has 0 saturated heterocycles.